The zero-order valence-electron chi connectivity index (χ0n) is 9.47. The molecule has 1 atom stereocenters. The third-order valence-corrected chi connectivity index (χ3v) is 3.01. The molecule has 0 spiro atoms. The highest BCUT2D eigenvalue weighted by atomic mass is 19.3. The van der Waals surface area contributed by atoms with Crippen molar-refractivity contribution in [2.24, 2.45) is 11.8 Å². The molecule has 17 heavy (non-hydrogen) atoms. The minimum Gasteiger partial charge on any atom is -0.373 e. The number of ether oxygens (including phenoxy) is 1. The molecule has 1 saturated carbocycles. The SMILES string of the molecule is NNC(COCC(F)(F)C(F)F)CC1CCC1. The molecule has 1 rings (SSSR count). The molecule has 0 aromatic rings. The molecule has 0 radical (unpaired) electrons. The number of hydrogen-bond acceptors (Lipinski definition) is 3. The van der Waals surface area contributed by atoms with Crippen molar-refractivity contribution in [3.05, 3.63) is 0 Å². The topological polar surface area (TPSA) is 47.3 Å². The summed E-state index contributed by atoms with van der Waals surface area (Å²) in [5.41, 5.74) is 2.46. The summed E-state index contributed by atoms with van der Waals surface area (Å²) in [5.74, 6) is 1.69. The summed E-state index contributed by atoms with van der Waals surface area (Å²) in [4.78, 5) is 0. The van der Waals surface area contributed by atoms with Crippen LogP contribution < -0.4 is 11.3 Å². The number of hydrazine groups is 1. The summed E-state index contributed by atoms with van der Waals surface area (Å²) >= 11 is 0. The van der Waals surface area contributed by atoms with Gasteiger partial charge in [-0.3, -0.25) is 11.3 Å². The molecule has 0 heterocycles. The lowest BCUT2D eigenvalue weighted by molar-refractivity contribution is -0.167. The zero-order valence-corrected chi connectivity index (χ0v) is 9.47. The fourth-order valence-electron chi connectivity index (χ4n) is 1.72. The molecule has 0 aliphatic heterocycles. The van der Waals surface area contributed by atoms with E-state index in [1.165, 1.54) is 6.42 Å². The van der Waals surface area contributed by atoms with Crippen LogP contribution in [0.3, 0.4) is 0 Å². The molecule has 3 nitrogen and oxygen atoms in total. The van der Waals surface area contributed by atoms with E-state index in [0.717, 1.165) is 19.3 Å². The average Bonchev–Trinajstić information content (AvgIpc) is 2.20. The second kappa shape index (κ2) is 6.51. The number of nitrogens with one attached hydrogen (secondary N) is 1. The monoisotopic (exact) mass is 258 g/mol. The Kier molecular flexibility index (Phi) is 5.61. The quantitative estimate of drug-likeness (QED) is 0.397. The Morgan fingerprint density at radius 2 is 2.00 bits per heavy atom. The summed E-state index contributed by atoms with van der Waals surface area (Å²) in [6.07, 6.45) is 0.415. The van der Waals surface area contributed by atoms with E-state index < -0.39 is 19.0 Å². The van der Waals surface area contributed by atoms with Crippen molar-refractivity contribution < 1.29 is 22.3 Å². The number of hydrogen-bond donors (Lipinski definition) is 2. The molecule has 0 amide bonds. The fraction of sp³-hybridized carbons (Fsp3) is 1.00. The van der Waals surface area contributed by atoms with Crippen LogP contribution in [0.15, 0.2) is 0 Å². The van der Waals surface area contributed by atoms with Gasteiger partial charge < -0.3 is 4.74 Å². The lowest BCUT2D eigenvalue weighted by Crippen LogP contribution is -2.42. The first kappa shape index (κ1) is 14.7. The number of rotatable bonds is 8. The van der Waals surface area contributed by atoms with Crippen molar-refractivity contribution in [2.45, 2.75) is 44.1 Å². The van der Waals surface area contributed by atoms with Crippen molar-refractivity contribution in [1.29, 1.82) is 0 Å². The zero-order chi connectivity index (χ0) is 12.9. The maximum atomic E-state index is 12.5. The second-order valence-electron chi connectivity index (χ2n) is 4.47. The lowest BCUT2D eigenvalue weighted by atomic mass is 9.81. The maximum Gasteiger partial charge on any atom is 0.330 e. The minimum atomic E-state index is -4.09. The summed E-state index contributed by atoms with van der Waals surface area (Å²) in [7, 11) is 0. The Balaban J connectivity index is 2.18. The van der Waals surface area contributed by atoms with Crippen LogP contribution in [0.25, 0.3) is 0 Å². The van der Waals surface area contributed by atoms with Gasteiger partial charge in [0.25, 0.3) is 0 Å². The average molecular weight is 258 g/mol. The Bertz CT molecular complexity index is 224. The van der Waals surface area contributed by atoms with E-state index >= 15 is 0 Å². The Labute approximate surface area is 97.7 Å². The highest BCUT2D eigenvalue weighted by molar-refractivity contribution is 4.76. The van der Waals surface area contributed by atoms with Gasteiger partial charge in [0.05, 0.1) is 6.61 Å². The Morgan fingerprint density at radius 1 is 1.35 bits per heavy atom. The first-order valence-electron chi connectivity index (χ1n) is 5.65. The minimum absolute atomic E-state index is 0.0741. The lowest BCUT2D eigenvalue weighted by Gasteiger charge is -2.29. The third kappa shape index (κ3) is 4.77. The van der Waals surface area contributed by atoms with Crippen LogP contribution in [0, 0.1) is 5.92 Å². The Morgan fingerprint density at radius 3 is 2.41 bits per heavy atom. The van der Waals surface area contributed by atoms with Crippen LogP contribution >= 0.6 is 0 Å². The standard InChI is InChI=1S/C10H18F4N2O/c11-9(12)10(13,14)6-17-5-8(16-15)4-7-2-1-3-7/h7-9,16H,1-6,15H2. The van der Waals surface area contributed by atoms with Crippen LogP contribution in [0.1, 0.15) is 25.7 Å². The van der Waals surface area contributed by atoms with Crippen LogP contribution in [-0.2, 0) is 4.74 Å². The summed E-state index contributed by atoms with van der Waals surface area (Å²) in [6.45, 7) is -1.34. The van der Waals surface area contributed by atoms with E-state index in [0.29, 0.717) is 5.92 Å². The third-order valence-electron chi connectivity index (χ3n) is 3.01. The van der Waals surface area contributed by atoms with E-state index in [9.17, 15) is 17.6 Å². The molecular formula is C10H18F4N2O. The van der Waals surface area contributed by atoms with Gasteiger partial charge in [-0.25, -0.2) is 8.78 Å². The molecule has 102 valence electrons. The predicted molar refractivity (Wildman–Crippen MR) is 54.8 cm³/mol. The second-order valence-corrected chi connectivity index (χ2v) is 4.47. The Hall–Kier alpha value is -0.400. The maximum absolute atomic E-state index is 12.5. The van der Waals surface area contributed by atoms with Gasteiger partial charge >= 0.3 is 12.3 Å². The fourth-order valence-corrected chi connectivity index (χ4v) is 1.72. The van der Waals surface area contributed by atoms with E-state index in [-0.39, 0.29) is 12.6 Å². The van der Waals surface area contributed by atoms with E-state index in [4.69, 9.17) is 5.84 Å². The van der Waals surface area contributed by atoms with Crippen molar-refractivity contribution in [3.8, 4) is 0 Å². The van der Waals surface area contributed by atoms with Gasteiger partial charge in [0.1, 0.15) is 6.61 Å². The summed E-state index contributed by atoms with van der Waals surface area (Å²) in [5, 5.41) is 0. The van der Waals surface area contributed by atoms with Crippen LogP contribution in [0.2, 0.25) is 0 Å². The molecule has 1 unspecified atom stereocenters. The smallest absolute Gasteiger partial charge is 0.330 e. The first-order valence-corrected chi connectivity index (χ1v) is 5.65. The van der Waals surface area contributed by atoms with E-state index in [2.05, 4.69) is 10.2 Å². The number of nitrogens with two attached hydrogens (primary N) is 1. The van der Waals surface area contributed by atoms with Gasteiger partial charge in [-0.15, -0.1) is 0 Å². The molecule has 0 aromatic carbocycles. The molecule has 1 aliphatic rings. The van der Waals surface area contributed by atoms with Crippen molar-refractivity contribution in [2.75, 3.05) is 13.2 Å². The van der Waals surface area contributed by atoms with Crippen molar-refractivity contribution in [1.82, 2.24) is 5.43 Å². The summed E-state index contributed by atoms with van der Waals surface area (Å²) in [6, 6.07) is -0.256. The van der Waals surface area contributed by atoms with Gasteiger partial charge in [-0.2, -0.15) is 8.78 Å². The van der Waals surface area contributed by atoms with Gasteiger partial charge in [0, 0.05) is 6.04 Å². The summed E-state index contributed by atoms with van der Waals surface area (Å²) < 4.78 is 53.3. The van der Waals surface area contributed by atoms with Crippen LogP contribution in [0.4, 0.5) is 17.6 Å². The van der Waals surface area contributed by atoms with Crippen LogP contribution in [-0.4, -0.2) is 31.6 Å². The van der Waals surface area contributed by atoms with Crippen molar-refractivity contribution >= 4 is 0 Å². The molecule has 7 heteroatoms. The van der Waals surface area contributed by atoms with E-state index in [1.807, 2.05) is 0 Å². The van der Waals surface area contributed by atoms with Gasteiger partial charge in [0.2, 0.25) is 0 Å². The first-order chi connectivity index (χ1) is 7.95. The number of halogens is 4. The van der Waals surface area contributed by atoms with Gasteiger partial charge in [-0.1, -0.05) is 19.3 Å². The molecular weight excluding hydrogens is 240 g/mol. The molecule has 0 saturated heterocycles. The van der Waals surface area contributed by atoms with Gasteiger partial charge in [-0.05, 0) is 12.3 Å². The van der Waals surface area contributed by atoms with Crippen LogP contribution in [0.5, 0.6) is 0 Å². The molecule has 0 bridgehead atoms. The highest BCUT2D eigenvalue weighted by Gasteiger charge is 2.41. The predicted octanol–water partition coefficient (Wildman–Crippen LogP) is 1.93. The van der Waals surface area contributed by atoms with Gasteiger partial charge in [0.15, 0.2) is 0 Å². The number of alkyl halides is 4. The molecule has 3 N–H and O–H groups in total. The molecule has 1 aliphatic carbocycles. The van der Waals surface area contributed by atoms with Crippen molar-refractivity contribution in [3.63, 3.8) is 0 Å². The van der Waals surface area contributed by atoms with E-state index in [1.54, 1.807) is 0 Å². The highest BCUT2D eigenvalue weighted by Crippen LogP contribution is 2.30. The molecule has 0 aromatic heterocycles. The molecule has 1 fully saturated rings. The normalized spacial score (nSPS) is 19.4. The largest absolute Gasteiger partial charge is 0.373 e.